The topological polar surface area (TPSA) is 165 Å². The minimum absolute atomic E-state index is 0.235. The molecule has 2 aliphatic rings. The number of anilines is 1. The number of benzene rings is 1. The normalized spacial score (nSPS) is 17.7. The zero-order chi connectivity index (χ0) is 36.3. The maximum Gasteiger partial charge on any atom is 0.320 e. The molecule has 0 radical (unpaired) electrons. The number of likely N-dealkylation sites (N-methyl/N-ethyl adjacent to an activating group) is 1. The van der Waals surface area contributed by atoms with Crippen molar-refractivity contribution >= 4 is 17.8 Å². The van der Waals surface area contributed by atoms with Gasteiger partial charge in [-0.1, -0.05) is 45.0 Å². The molecule has 2 atom stereocenters. The lowest BCUT2D eigenvalue weighted by molar-refractivity contribution is 0.171. The van der Waals surface area contributed by atoms with Gasteiger partial charge < -0.3 is 25.0 Å². The highest BCUT2D eigenvalue weighted by molar-refractivity contribution is 5.89. The predicted molar refractivity (Wildman–Crippen MR) is 195 cm³/mol. The Kier molecular flexibility index (Phi) is 10.6. The first-order valence-corrected chi connectivity index (χ1v) is 17.8. The third kappa shape index (κ3) is 8.18. The second-order valence-corrected chi connectivity index (χ2v) is 14.7. The molecular weight excluding hydrogens is 646 g/mol. The van der Waals surface area contributed by atoms with Crippen molar-refractivity contribution in [1.29, 1.82) is 10.8 Å². The Bertz CT molecular complexity index is 1910. The number of likely N-dealkylation sites (tertiary alicyclic amines) is 1. The molecule has 0 spiro atoms. The monoisotopic (exact) mass is 697 g/mol. The zero-order valence-electron chi connectivity index (χ0n) is 30.3. The number of aliphatic hydroxyl groups excluding tert-OH is 1. The predicted octanol–water partition coefficient (Wildman–Crippen LogP) is 4.75. The Labute approximate surface area is 299 Å². The Hall–Kier alpha value is -4.95. The molecule has 14 nitrogen and oxygen atoms in total. The second kappa shape index (κ2) is 15.1. The molecule has 4 heterocycles. The number of aromatic nitrogens is 5. The van der Waals surface area contributed by atoms with Gasteiger partial charge in [-0.2, -0.15) is 10.2 Å². The number of fused-ring (bicyclic) bond motifs is 1. The fourth-order valence-electron chi connectivity index (χ4n) is 6.66. The minimum atomic E-state index is -0.371. The summed E-state index contributed by atoms with van der Waals surface area (Å²) in [4.78, 5) is 17.8. The summed E-state index contributed by atoms with van der Waals surface area (Å²) in [7, 11) is 3.99. The summed E-state index contributed by atoms with van der Waals surface area (Å²) in [5, 5.41) is 43.0. The zero-order valence-corrected chi connectivity index (χ0v) is 30.3. The van der Waals surface area contributed by atoms with Crippen LogP contribution in [0.2, 0.25) is 0 Å². The average molecular weight is 698 g/mol. The van der Waals surface area contributed by atoms with Gasteiger partial charge in [-0.15, -0.1) is 0 Å². The first-order valence-electron chi connectivity index (χ1n) is 17.8. The van der Waals surface area contributed by atoms with Gasteiger partial charge in [-0.3, -0.25) is 25.4 Å². The number of pyridine rings is 1. The van der Waals surface area contributed by atoms with Gasteiger partial charge in [0.2, 0.25) is 5.96 Å². The van der Waals surface area contributed by atoms with Crippen molar-refractivity contribution in [3.63, 3.8) is 0 Å². The molecule has 0 bridgehead atoms. The molecule has 1 fully saturated rings. The van der Waals surface area contributed by atoms with Crippen LogP contribution in [0.15, 0.2) is 54.9 Å². The van der Waals surface area contributed by atoms with Gasteiger partial charge in [0.05, 0.1) is 37.3 Å². The lowest BCUT2D eigenvalue weighted by atomic mass is 9.85. The molecule has 1 aliphatic heterocycles. The second-order valence-electron chi connectivity index (χ2n) is 14.7. The van der Waals surface area contributed by atoms with E-state index in [1.165, 1.54) is 6.42 Å². The molecule has 2 unspecified atom stereocenters. The molecule has 1 saturated heterocycles. The van der Waals surface area contributed by atoms with E-state index in [1.54, 1.807) is 32.3 Å². The van der Waals surface area contributed by atoms with Crippen LogP contribution in [-0.4, -0.2) is 84.8 Å². The number of carbonyl (C=O) groups is 1. The molecule has 51 heavy (non-hydrogen) atoms. The summed E-state index contributed by atoms with van der Waals surface area (Å²) in [6.07, 6.45) is 7.91. The smallest absolute Gasteiger partial charge is 0.320 e. The van der Waals surface area contributed by atoms with Crippen molar-refractivity contribution in [2.45, 2.75) is 83.6 Å². The van der Waals surface area contributed by atoms with Crippen LogP contribution >= 0.6 is 0 Å². The van der Waals surface area contributed by atoms with Crippen LogP contribution in [-0.2, 0) is 18.6 Å². The number of hydrogen-bond acceptors (Lipinski definition) is 8. The average Bonchev–Trinajstić information content (AvgIpc) is 3.73. The number of urea groups is 1. The van der Waals surface area contributed by atoms with Gasteiger partial charge in [-0.05, 0) is 69.5 Å². The highest BCUT2D eigenvalue weighted by atomic mass is 16.5. The molecule has 6 rings (SSSR count). The van der Waals surface area contributed by atoms with Crippen LogP contribution in [0.4, 0.5) is 10.6 Å². The van der Waals surface area contributed by atoms with E-state index in [2.05, 4.69) is 41.4 Å². The highest BCUT2D eigenvalue weighted by Crippen LogP contribution is 2.39. The Morgan fingerprint density at radius 2 is 1.78 bits per heavy atom. The molecule has 0 saturated carbocycles. The SMILES string of the molecule is CN(C)CCn1cc(-n2nc(C(C)(C)C)cc2NC(=O)NC2CCC(Oc3ccc(=N)n(C(=N)N4CCCCC4)c3)c3ccccc32)c(CO)n1. The summed E-state index contributed by atoms with van der Waals surface area (Å²) in [6.45, 7) is 8.98. The lowest BCUT2D eigenvalue weighted by Gasteiger charge is -2.33. The molecular formula is C37H51N11O3. The van der Waals surface area contributed by atoms with Crippen LogP contribution in [0, 0.1) is 10.8 Å². The fourth-order valence-corrected chi connectivity index (χ4v) is 6.66. The standard InChI is InChI=1S/C37H51N11O3/c1-37(2,3)32-21-34(48(43-32)30-23-46(20-19-44(4)5)42-29(30)24-49)41-36(50)40-28-14-15-31(27-12-8-7-11-26(27)28)51-25-13-16-33(38)47(22-25)35(39)45-17-9-6-10-18-45/h7-8,11-13,16,21-23,28,31,38-39,49H,6,9-10,14-15,17-20,24H2,1-5H3,(H2,40,41,50). The molecule has 14 heteroatoms. The van der Waals surface area contributed by atoms with E-state index in [1.807, 2.05) is 55.5 Å². The van der Waals surface area contributed by atoms with Crippen LogP contribution in [0.3, 0.4) is 0 Å². The first-order chi connectivity index (χ1) is 24.4. The van der Waals surface area contributed by atoms with Crippen LogP contribution in [0.25, 0.3) is 5.69 Å². The summed E-state index contributed by atoms with van der Waals surface area (Å²) in [5.74, 6) is 1.36. The van der Waals surface area contributed by atoms with Gasteiger partial charge >= 0.3 is 6.03 Å². The Balaban J connectivity index is 1.19. The molecule has 2 amide bonds. The molecule has 1 aliphatic carbocycles. The maximum atomic E-state index is 13.7. The quantitative estimate of drug-likeness (QED) is 0.124. The maximum absolute atomic E-state index is 13.7. The van der Waals surface area contributed by atoms with Gasteiger partial charge in [0.1, 0.15) is 34.5 Å². The van der Waals surface area contributed by atoms with E-state index in [0.717, 1.165) is 49.3 Å². The number of hydrogen-bond donors (Lipinski definition) is 5. The third-order valence-corrected chi connectivity index (χ3v) is 9.51. The molecule has 3 aromatic heterocycles. The molecule has 4 aromatic rings. The van der Waals surface area contributed by atoms with Crippen LogP contribution in [0.1, 0.15) is 87.5 Å². The highest BCUT2D eigenvalue weighted by Gasteiger charge is 2.31. The van der Waals surface area contributed by atoms with Gasteiger partial charge in [0.15, 0.2) is 0 Å². The largest absolute Gasteiger partial charge is 0.484 e. The van der Waals surface area contributed by atoms with Crippen molar-refractivity contribution in [3.8, 4) is 11.4 Å². The van der Waals surface area contributed by atoms with Gasteiger partial charge in [0, 0.05) is 31.1 Å². The van der Waals surface area contributed by atoms with E-state index in [9.17, 15) is 9.90 Å². The Morgan fingerprint density at radius 3 is 2.49 bits per heavy atom. The molecule has 1 aromatic carbocycles. The van der Waals surface area contributed by atoms with E-state index in [0.29, 0.717) is 48.3 Å². The number of nitrogens with zero attached hydrogens (tertiary/aromatic N) is 7. The van der Waals surface area contributed by atoms with E-state index < -0.39 is 0 Å². The van der Waals surface area contributed by atoms with Crippen molar-refractivity contribution in [2.75, 3.05) is 39.0 Å². The van der Waals surface area contributed by atoms with E-state index >= 15 is 0 Å². The number of carbonyl (C=O) groups excluding carboxylic acids is 1. The van der Waals surface area contributed by atoms with E-state index in [-0.39, 0.29) is 35.7 Å². The molecule has 272 valence electrons. The third-order valence-electron chi connectivity index (χ3n) is 9.51. The lowest BCUT2D eigenvalue weighted by Crippen LogP contribution is -2.42. The number of nitrogens with one attached hydrogen (secondary N) is 4. The number of amides is 2. The van der Waals surface area contributed by atoms with Crippen LogP contribution in [0.5, 0.6) is 5.75 Å². The first kappa shape index (κ1) is 35.9. The van der Waals surface area contributed by atoms with Crippen molar-refractivity contribution in [1.82, 2.24) is 39.2 Å². The molecule has 5 N–H and O–H groups in total. The summed E-state index contributed by atoms with van der Waals surface area (Å²) in [5.41, 5.74) is 3.78. The minimum Gasteiger partial charge on any atom is -0.484 e. The Morgan fingerprint density at radius 1 is 1.04 bits per heavy atom. The van der Waals surface area contributed by atoms with Gasteiger partial charge in [0.25, 0.3) is 0 Å². The summed E-state index contributed by atoms with van der Waals surface area (Å²) < 4.78 is 11.6. The summed E-state index contributed by atoms with van der Waals surface area (Å²) in [6, 6.07) is 12.7. The number of aliphatic hydroxyl groups is 1. The number of ether oxygens (including phenoxy) is 1. The summed E-state index contributed by atoms with van der Waals surface area (Å²) >= 11 is 0. The van der Waals surface area contributed by atoms with Gasteiger partial charge in [-0.25, -0.2) is 9.48 Å². The van der Waals surface area contributed by atoms with Crippen molar-refractivity contribution < 1.29 is 14.6 Å². The fraction of sp³-hybridized carbons (Fsp3) is 0.486. The number of piperidine rings is 1. The number of rotatable bonds is 9. The van der Waals surface area contributed by atoms with Crippen molar-refractivity contribution in [3.05, 3.63) is 82.9 Å². The van der Waals surface area contributed by atoms with E-state index in [4.69, 9.17) is 20.7 Å². The van der Waals surface area contributed by atoms with Crippen molar-refractivity contribution in [2.24, 2.45) is 0 Å². The van der Waals surface area contributed by atoms with Crippen LogP contribution < -0.4 is 20.9 Å².